The molecule has 0 aromatic carbocycles. The first-order chi connectivity index (χ1) is 8.69. The first kappa shape index (κ1) is 11.5. The van der Waals surface area contributed by atoms with Gasteiger partial charge in [-0.05, 0) is 0 Å². The maximum absolute atomic E-state index is 11.6. The van der Waals surface area contributed by atoms with Crippen LogP contribution in [-0.2, 0) is 4.74 Å². The van der Waals surface area contributed by atoms with Crippen LogP contribution in [0.2, 0.25) is 0 Å². The Balaban J connectivity index is 2.05. The van der Waals surface area contributed by atoms with Crippen molar-refractivity contribution in [2.75, 3.05) is 18.9 Å². The topological polar surface area (TPSA) is 119 Å². The van der Waals surface area contributed by atoms with Crippen molar-refractivity contribution in [3.63, 3.8) is 0 Å². The summed E-state index contributed by atoms with van der Waals surface area (Å²) in [5.41, 5.74) is 5.57. The number of thioether (sulfide) groups is 1. The number of aliphatic hydroxyl groups is 1. The van der Waals surface area contributed by atoms with Crippen LogP contribution >= 0.6 is 11.8 Å². The van der Waals surface area contributed by atoms with Gasteiger partial charge in [0.2, 0.25) is 5.95 Å². The second-order valence-corrected chi connectivity index (χ2v) is 5.15. The molecule has 1 fully saturated rings. The standard InChI is InChI=1S/C9H11N5O3S/c10-9-12-7-6(8(16)13-9)11-3-14(7)4-2-17-5(1-15)18-4/h3-5,15H,1-2H2,(H3,10,12,13,16)/t4-,5-/m1/s1. The molecule has 96 valence electrons. The molecule has 8 nitrogen and oxygen atoms in total. The van der Waals surface area contributed by atoms with Crippen molar-refractivity contribution in [3.05, 3.63) is 16.7 Å². The third kappa shape index (κ3) is 1.76. The van der Waals surface area contributed by atoms with Crippen LogP contribution in [0.1, 0.15) is 5.37 Å². The van der Waals surface area contributed by atoms with Gasteiger partial charge in [0.1, 0.15) is 10.8 Å². The fourth-order valence-electron chi connectivity index (χ4n) is 1.84. The van der Waals surface area contributed by atoms with Crippen molar-refractivity contribution >= 4 is 28.9 Å². The Morgan fingerprint density at radius 3 is 3.28 bits per heavy atom. The fourth-order valence-corrected chi connectivity index (χ4v) is 2.87. The maximum Gasteiger partial charge on any atom is 0.280 e. The van der Waals surface area contributed by atoms with Gasteiger partial charge in [0.15, 0.2) is 11.2 Å². The number of aliphatic hydroxyl groups excluding tert-OH is 1. The predicted molar refractivity (Wildman–Crippen MR) is 66.0 cm³/mol. The fraction of sp³-hybridized carbons (Fsp3) is 0.444. The molecule has 1 aliphatic rings. The zero-order valence-electron chi connectivity index (χ0n) is 9.24. The minimum absolute atomic E-state index is 0.0516. The summed E-state index contributed by atoms with van der Waals surface area (Å²) in [6.07, 6.45) is 1.53. The van der Waals surface area contributed by atoms with E-state index in [0.29, 0.717) is 12.3 Å². The van der Waals surface area contributed by atoms with E-state index in [1.54, 1.807) is 4.57 Å². The molecule has 0 spiro atoms. The Kier molecular flexibility index (Phi) is 2.73. The number of imidazole rings is 1. The maximum atomic E-state index is 11.6. The Morgan fingerprint density at radius 1 is 1.72 bits per heavy atom. The number of anilines is 1. The zero-order valence-corrected chi connectivity index (χ0v) is 10.1. The van der Waals surface area contributed by atoms with Crippen LogP contribution in [0.4, 0.5) is 5.95 Å². The minimum Gasteiger partial charge on any atom is -0.393 e. The molecule has 0 amide bonds. The number of ether oxygens (including phenoxy) is 1. The molecule has 0 bridgehead atoms. The lowest BCUT2D eigenvalue weighted by Gasteiger charge is -2.09. The highest BCUT2D eigenvalue weighted by molar-refractivity contribution is 8.00. The van der Waals surface area contributed by atoms with Crippen LogP contribution < -0.4 is 11.3 Å². The van der Waals surface area contributed by atoms with Gasteiger partial charge in [0, 0.05) is 0 Å². The SMILES string of the molecule is Nc1nc2c(ncn2[C@H]2CO[C@@H](CO)S2)c(=O)[nH]1. The third-order valence-corrected chi connectivity index (χ3v) is 3.91. The molecule has 9 heteroatoms. The second kappa shape index (κ2) is 4.26. The van der Waals surface area contributed by atoms with Crippen LogP contribution in [0.25, 0.3) is 11.2 Å². The van der Waals surface area contributed by atoms with E-state index < -0.39 is 0 Å². The van der Waals surface area contributed by atoms with Crippen molar-refractivity contribution in [1.29, 1.82) is 0 Å². The summed E-state index contributed by atoms with van der Waals surface area (Å²) in [4.78, 5) is 22.1. The number of H-pyrrole nitrogens is 1. The molecule has 0 unspecified atom stereocenters. The zero-order chi connectivity index (χ0) is 12.7. The van der Waals surface area contributed by atoms with Gasteiger partial charge >= 0.3 is 0 Å². The highest BCUT2D eigenvalue weighted by Gasteiger charge is 2.28. The molecule has 2 aromatic heterocycles. The van der Waals surface area contributed by atoms with Crippen molar-refractivity contribution in [2.24, 2.45) is 0 Å². The van der Waals surface area contributed by atoms with E-state index in [-0.39, 0.29) is 34.4 Å². The number of hydrogen-bond donors (Lipinski definition) is 3. The Morgan fingerprint density at radius 2 is 2.56 bits per heavy atom. The highest BCUT2D eigenvalue weighted by Crippen LogP contribution is 2.36. The van der Waals surface area contributed by atoms with Crippen molar-refractivity contribution in [2.45, 2.75) is 10.8 Å². The highest BCUT2D eigenvalue weighted by atomic mass is 32.2. The molecule has 3 rings (SSSR count). The van der Waals surface area contributed by atoms with Crippen LogP contribution in [0.5, 0.6) is 0 Å². The lowest BCUT2D eigenvalue weighted by Crippen LogP contribution is -2.13. The normalized spacial score (nSPS) is 23.8. The summed E-state index contributed by atoms with van der Waals surface area (Å²) in [6.45, 7) is 0.375. The van der Waals surface area contributed by atoms with E-state index in [4.69, 9.17) is 15.6 Å². The molecule has 4 N–H and O–H groups in total. The first-order valence-corrected chi connectivity index (χ1v) is 6.23. The van der Waals surface area contributed by atoms with Crippen molar-refractivity contribution < 1.29 is 9.84 Å². The number of aromatic amines is 1. The van der Waals surface area contributed by atoms with Crippen LogP contribution in [0.15, 0.2) is 11.1 Å². The van der Waals surface area contributed by atoms with Gasteiger partial charge in [-0.1, -0.05) is 0 Å². The van der Waals surface area contributed by atoms with E-state index in [9.17, 15) is 4.79 Å². The van der Waals surface area contributed by atoms with Gasteiger partial charge in [-0.15, -0.1) is 11.8 Å². The van der Waals surface area contributed by atoms with Crippen molar-refractivity contribution in [1.82, 2.24) is 19.5 Å². The number of nitrogens with two attached hydrogens (primary N) is 1. The minimum atomic E-state index is -0.362. The number of hydrogen-bond acceptors (Lipinski definition) is 7. The molecule has 0 aliphatic carbocycles. The molecular formula is C9H11N5O3S. The Labute approximate surface area is 105 Å². The molecule has 2 atom stereocenters. The molecular weight excluding hydrogens is 258 g/mol. The summed E-state index contributed by atoms with van der Waals surface area (Å²) in [5.74, 6) is 0.0527. The van der Waals surface area contributed by atoms with Crippen LogP contribution in [-0.4, -0.2) is 43.3 Å². The number of nitrogen functional groups attached to an aromatic ring is 1. The summed E-state index contributed by atoms with van der Waals surface area (Å²) >= 11 is 1.45. The summed E-state index contributed by atoms with van der Waals surface area (Å²) in [5, 5.41) is 8.95. The van der Waals surface area contributed by atoms with Crippen LogP contribution in [0.3, 0.4) is 0 Å². The molecule has 0 radical (unpaired) electrons. The van der Waals surface area contributed by atoms with Gasteiger partial charge in [0.05, 0.1) is 19.5 Å². The monoisotopic (exact) mass is 269 g/mol. The summed E-state index contributed by atoms with van der Waals surface area (Å²) in [7, 11) is 0. The summed E-state index contributed by atoms with van der Waals surface area (Å²) in [6, 6.07) is 0. The molecule has 1 saturated heterocycles. The smallest absolute Gasteiger partial charge is 0.280 e. The van der Waals surface area contributed by atoms with Crippen LogP contribution in [0, 0.1) is 0 Å². The first-order valence-electron chi connectivity index (χ1n) is 5.29. The molecule has 0 saturated carbocycles. The predicted octanol–water partition coefficient (Wildman–Crippen LogP) is -0.718. The lowest BCUT2D eigenvalue weighted by atomic mass is 10.5. The second-order valence-electron chi connectivity index (χ2n) is 3.81. The van der Waals surface area contributed by atoms with E-state index in [0.717, 1.165) is 0 Å². The summed E-state index contributed by atoms with van der Waals surface area (Å²) < 4.78 is 7.10. The third-order valence-electron chi connectivity index (χ3n) is 2.64. The number of nitrogens with one attached hydrogen (secondary N) is 1. The van der Waals surface area contributed by atoms with Gasteiger partial charge in [0.25, 0.3) is 5.56 Å². The Bertz CT molecular complexity index is 639. The number of aromatic nitrogens is 4. The average molecular weight is 269 g/mol. The van der Waals surface area contributed by atoms with Gasteiger partial charge in [-0.2, -0.15) is 4.98 Å². The molecule has 3 heterocycles. The number of nitrogens with zero attached hydrogens (tertiary/aromatic N) is 3. The number of rotatable bonds is 2. The van der Waals surface area contributed by atoms with E-state index in [1.807, 2.05) is 0 Å². The van der Waals surface area contributed by atoms with Crippen molar-refractivity contribution in [3.8, 4) is 0 Å². The van der Waals surface area contributed by atoms with Gasteiger partial charge in [-0.3, -0.25) is 14.3 Å². The van der Waals surface area contributed by atoms with Gasteiger partial charge < -0.3 is 15.6 Å². The molecule has 1 aliphatic heterocycles. The van der Waals surface area contributed by atoms with Gasteiger partial charge in [-0.25, -0.2) is 4.98 Å². The molecule has 2 aromatic rings. The van der Waals surface area contributed by atoms with E-state index in [2.05, 4.69) is 15.0 Å². The van der Waals surface area contributed by atoms with E-state index in [1.165, 1.54) is 18.1 Å². The Hall–Kier alpha value is -1.58. The number of fused-ring (bicyclic) bond motifs is 1. The molecule has 18 heavy (non-hydrogen) atoms. The lowest BCUT2D eigenvalue weighted by molar-refractivity contribution is 0.0810. The van der Waals surface area contributed by atoms with E-state index >= 15 is 0 Å². The average Bonchev–Trinajstić information content (AvgIpc) is 2.93. The quantitative estimate of drug-likeness (QED) is 0.658. The largest absolute Gasteiger partial charge is 0.393 e.